The molecule has 0 saturated heterocycles. The van der Waals surface area contributed by atoms with Gasteiger partial charge in [-0.1, -0.05) is 64.0 Å². The van der Waals surface area contributed by atoms with Gasteiger partial charge in [0.05, 0.1) is 0 Å². The highest BCUT2D eigenvalue weighted by atomic mass is 19.1. The second-order valence-electron chi connectivity index (χ2n) is 15.4. The van der Waals surface area contributed by atoms with Crippen LogP contribution < -0.4 is 4.74 Å². The minimum Gasteiger partial charge on any atom is -0.493 e. The molecule has 1 aliphatic rings. The normalized spacial score (nSPS) is 15.2. The molecule has 57 heavy (non-hydrogen) atoms. The molecule has 0 aromatic heterocycles. The first kappa shape index (κ1) is 46.3. The second kappa shape index (κ2) is 22.6. The number of hydrogen-bond donors (Lipinski definition) is 0. The van der Waals surface area contributed by atoms with E-state index in [0.29, 0.717) is 16.7 Å². The quantitative estimate of drug-likeness (QED) is 0.0351. The number of esters is 4. The molecule has 11 nitrogen and oxygen atoms in total. The standard InChI is InChI=1S/C45H57FO11/c1-8-9-10-11-33-12-14-34(15-13-33)35-16-18-39(40(46)23-35)38-19-17-37(22-36(38)24-53-43(51)29(2)3)54-25-45(28-57-44(52)30(4)5,26-55-41(49)20-31(6)47)27-56-42(50)21-32(7)48/h16-19,22-23,33-34H,2,4,8-15,20-21,24-28H2,1,3,5-7H3. The minimum absolute atomic E-state index is 0.0713. The van der Waals surface area contributed by atoms with Gasteiger partial charge in [0.25, 0.3) is 0 Å². The summed E-state index contributed by atoms with van der Waals surface area (Å²) < 4.78 is 43.8. The summed E-state index contributed by atoms with van der Waals surface area (Å²) in [5, 5.41) is 0. The fraction of sp³-hybridized carbons (Fsp3) is 0.511. The molecule has 2 aromatic carbocycles. The van der Waals surface area contributed by atoms with Crippen LogP contribution in [0.4, 0.5) is 4.39 Å². The number of Topliss-reactive ketones (excluding diaryl/α,β-unsaturated/α-hetero) is 2. The van der Waals surface area contributed by atoms with E-state index in [1.807, 2.05) is 6.07 Å². The number of carbonyl (C=O) groups excluding carboxylic acids is 6. The van der Waals surface area contributed by atoms with Crippen molar-refractivity contribution in [2.24, 2.45) is 11.3 Å². The highest BCUT2D eigenvalue weighted by Gasteiger charge is 2.38. The van der Waals surface area contributed by atoms with Crippen LogP contribution in [-0.2, 0) is 54.3 Å². The van der Waals surface area contributed by atoms with Gasteiger partial charge in [-0.25, -0.2) is 14.0 Å². The molecule has 1 fully saturated rings. The van der Waals surface area contributed by atoms with Crippen LogP contribution in [0.5, 0.6) is 5.75 Å². The lowest BCUT2D eigenvalue weighted by Gasteiger charge is -2.32. The predicted molar refractivity (Wildman–Crippen MR) is 212 cm³/mol. The van der Waals surface area contributed by atoms with Gasteiger partial charge in [-0.3, -0.25) is 19.2 Å². The van der Waals surface area contributed by atoms with Crippen LogP contribution in [0.25, 0.3) is 11.1 Å². The van der Waals surface area contributed by atoms with Crippen LogP contribution in [0.1, 0.15) is 116 Å². The Morgan fingerprint density at radius 1 is 0.702 bits per heavy atom. The molecule has 2 aromatic rings. The van der Waals surface area contributed by atoms with Gasteiger partial charge in [0, 0.05) is 22.3 Å². The molecule has 3 rings (SSSR count). The molecular formula is C45H57FO11. The number of ketones is 2. The van der Waals surface area contributed by atoms with E-state index in [1.54, 1.807) is 30.3 Å². The fourth-order valence-corrected chi connectivity index (χ4v) is 6.58. The smallest absolute Gasteiger partial charge is 0.333 e. The van der Waals surface area contributed by atoms with Crippen molar-refractivity contribution in [2.75, 3.05) is 26.4 Å². The van der Waals surface area contributed by atoms with E-state index >= 15 is 4.39 Å². The third kappa shape index (κ3) is 15.4. The maximum absolute atomic E-state index is 16.0. The zero-order valence-corrected chi connectivity index (χ0v) is 34.0. The summed E-state index contributed by atoms with van der Waals surface area (Å²) in [7, 11) is 0. The Bertz CT molecular complexity index is 1750. The molecule has 0 atom stereocenters. The van der Waals surface area contributed by atoms with Crippen LogP contribution in [0, 0.1) is 17.2 Å². The number of unbranched alkanes of at least 4 members (excludes halogenated alkanes) is 2. The maximum atomic E-state index is 16.0. The lowest BCUT2D eigenvalue weighted by Crippen LogP contribution is -2.44. The number of halogens is 1. The highest BCUT2D eigenvalue weighted by molar-refractivity contribution is 5.94. The molecule has 310 valence electrons. The molecule has 0 N–H and O–H groups in total. The molecule has 0 radical (unpaired) electrons. The monoisotopic (exact) mass is 792 g/mol. The lowest BCUT2D eigenvalue weighted by molar-refractivity contribution is -0.163. The van der Waals surface area contributed by atoms with Crippen molar-refractivity contribution in [3.8, 4) is 16.9 Å². The van der Waals surface area contributed by atoms with Gasteiger partial charge >= 0.3 is 23.9 Å². The number of hydrogen-bond acceptors (Lipinski definition) is 11. The molecular weight excluding hydrogens is 735 g/mol. The third-order valence-corrected chi connectivity index (χ3v) is 9.87. The first-order valence-corrected chi connectivity index (χ1v) is 19.5. The summed E-state index contributed by atoms with van der Waals surface area (Å²) in [4.78, 5) is 73.0. The molecule has 0 heterocycles. The fourth-order valence-electron chi connectivity index (χ4n) is 6.58. The Kier molecular flexibility index (Phi) is 18.3. The zero-order valence-electron chi connectivity index (χ0n) is 34.0. The first-order valence-electron chi connectivity index (χ1n) is 19.5. The van der Waals surface area contributed by atoms with Gasteiger partial charge in [-0.2, -0.15) is 0 Å². The number of ether oxygens (including phenoxy) is 5. The van der Waals surface area contributed by atoms with E-state index in [2.05, 4.69) is 20.1 Å². The van der Waals surface area contributed by atoms with E-state index in [1.165, 1.54) is 53.4 Å². The van der Waals surface area contributed by atoms with Crippen LogP contribution in [0.15, 0.2) is 60.7 Å². The molecule has 0 aliphatic heterocycles. The van der Waals surface area contributed by atoms with Gasteiger partial charge in [-0.15, -0.1) is 0 Å². The van der Waals surface area contributed by atoms with Crippen molar-refractivity contribution in [2.45, 2.75) is 111 Å². The van der Waals surface area contributed by atoms with Crippen LogP contribution >= 0.6 is 0 Å². The largest absolute Gasteiger partial charge is 0.493 e. The van der Waals surface area contributed by atoms with E-state index in [9.17, 15) is 28.8 Å². The van der Waals surface area contributed by atoms with Gasteiger partial charge < -0.3 is 23.7 Å². The summed E-state index contributed by atoms with van der Waals surface area (Å²) in [5.74, 6) is -3.28. The maximum Gasteiger partial charge on any atom is 0.333 e. The number of carbonyl (C=O) groups is 6. The zero-order chi connectivity index (χ0) is 42.1. The van der Waals surface area contributed by atoms with Crippen LogP contribution in [-0.4, -0.2) is 61.9 Å². The Labute approximate surface area is 335 Å². The molecule has 0 unspecified atom stereocenters. The SMILES string of the molecule is C=C(C)C(=O)OCc1cc(OCC(COC(=O)CC(C)=O)(COC(=O)CC(C)=O)COC(=O)C(=C)C)ccc1-c1ccc(C2CCC(CCCCC)CC2)cc1F. The Balaban J connectivity index is 1.94. The summed E-state index contributed by atoms with van der Waals surface area (Å²) in [5.41, 5.74) is 0.825. The molecule has 1 aliphatic carbocycles. The van der Waals surface area contributed by atoms with E-state index in [-0.39, 0.29) is 36.0 Å². The molecule has 0 bridgehead atoms. The predicted octanol–water partition coefficient (Wildman–Crippen LogP) is 8.50. The third-order valence-electron chi connectivity index (χ3n) is 9.87. The average Bonchev–Trinajstić information content (AvgIpc) is 3.16. The van der Waals surface area contributed by atoms with Crippen LogP contribution in [0.2, 0.25) is 0 Å². The summed E-state index contributed by atoms with van der Waals surface area (Å²) in [6.07, 6.45) is 8.21. The van der Waals surface area contributed by atoms with Crippen molar-refractivity contribution in [3.63, 3.8) is 0 Å². The Hall–Kier alpha value is -5.13. The minimum atomic E-state index is -1.54. The average molecular weight is 793 g/mol. The summed E-state index contributed by atoms with van der Waals surface area (Å²) in [6.45, 7) is 12.6. The van der Waals surface area contributed by atoms with E-state index in [0.717, 1.165) is 37.2 Å². The van der Waals surface area contributed by atoms with Crippen LogP contribution in [0.3, 0.4) is 0 Å². The van der Waals surface area contributed by atoms with Crippen molar-refractivity contribution < 1.29 is 56.8 Å². The Morgan fingerprint density at radius 2 is 1.26 bits per heavy atom. The molecule has 0 amide bonds. The number of rotatable bonds is 23. The summed E-state index contributed by atoms with van der Waals surface area (Å²) in [6, 6.07) is 10.0. The number of benzene rings is 2. The lowest BCUT2D eigenvalue weighted by atomic mass is 9.77. The van der Waals surface area contributed by atoms with Gasteiger partial charge in [0.2, 0.25) is 0 Å². The van der Waals surface area contributed by atoms with Crippen molar-refractivity contribution >= 4 is 35.4 Å². The van der Waals surface area contributed by atoms with Crippen molar-refractivity contribution in [1.29, 1.82) is 0 Å². The van der Waals surface area contributed by atoms with E-state index in [4.69, 9.17) is 23.7 Å². The molecule has 12 heteroatoms. The topological polar surface area (TPSA) is 149 Å². The summed E-state index contributed by atoms with van der Waals surface area (Å²) >= 11 is 0. The van der Waals surface area contributed by atoms with Gasteiger partial charge in [-0.05, 0) is 94.5 Å². The first-order chi connectivity index (χ1) is 27.0. The second-order valence-corrected chi connectivity index (χ2v) is 15.4. The van der Waals surface area contributed by atoms with Gasteiger partial charge in [0.1, 0.15) is 74.4 Å². The van der Waals surface area contributed by atoms with Gasteiger partial charge in [0.15, 0.2) is 0 Å². The Morgan fingerprint density at radius 3 is 1.81 bits per heavy atom. The van der Waals surface area contributed by atoms with E-state index < -0.39 is 79.3 Å². The highest BCUT2D eigenvalue weighted by Crippen LogP contribution is 2.40. The molecule has 0 spiro atoms. The molecule has 1 saturated carbocycles. The van der Waals surface area contributed by atoms with Crippen molar-refractivity contribution in [3.05, 3.63) is 77.6 Å². The van der Waals surface area contributed by atoms with Crippen molar-refractivity contribution in [1.82, 2.24) is 0 Å².